The first-order valence-electron chi connectivity index (χ1n) is 5.96. The van der Waals surface area contributed by atoms with Crippen molar-refractivity contribution in [2.75, 3.05) is 13.1 Å². The topological polar surface area (TPSA) is 46.3 Å². The van der Waals surface area contributed by atoms with Gasteiger partial charge in [0.25, 0.3) is 0 Å². The SMILES string of the molecule is C=CCN(CC=C)C(C)c1ccccc1C(N)=O. The largest absolute Gasteiger partial charge is 0.366 e. The van der Waals surface area contributed by atoms with Crippen molar-refractivity contribution in [3.05, 3.63) is 60.7 Å². The lowest BCUT2D eigenvalue weighted by Crippen LogP contribution is -2.29. The van der Waals surface area contributed by atoms with E-state index in [1.54, 1.807) is 6.07 Å². The molecule has 0 aromatic heterocycles. The monoisotopic (exact) mass is 244 g/mol. The summed E-state index contributed by atoms with van der Waals surface area (Å²) in [6.45, 7) is 11.0. The molecule has 0 saturated heterocycles. The summed E-state index contributed by atoms with van der Waals surface area (Å²) in [5, 5.41) is 0. The first kappa shape index (κ1) is 14.2. The summed E-state index contributed by atoms with van der Waals surface area (Å²) in [7, 11) is 0. The molecule has 1 aromatic carbocycles. The maximum Gasteiger partial charge on any atom is 0.249 e. The third-order valence-electron chi connectivity index (χ3n) is 2.95. The van der Waals surface area contributed by atoms with Crippen LogP contribution in [-0.4, -0.2) is 23.9 Å². The van der Waals surface area contributed by atoms with Gasteiger partial charge in [-0.15, -0.1) is 13.2 Å². The van der Waals surface area contributed by atoms with Gasteiger partial charge in [-0.1, -0.05) is 30.4 Å². The molecular weight excluding hydrogens is 224 g/mol. The zero-order valence-electron chi connectivity index (χ0n) is 10.8. The number of carbonyl (C=O) groups is 1. The van der Waals surface area contributed by atoms with E-state index in [0.29, 0.717) is 5.56 Å². The summed E-state index contributed by atoms with van der Waals surface area (Å²) in [4.78, 5) is 13.6. The molecule has 0 bridgehead atoms. The molecule has 1 rings (SSSR count). The van der Waals surface area contributed by atoms with Crippen molar-refractivity contribution in [1.29, 1.82) is 0 Å². The molecule has 1 atom stereocenters. The fourth-order valence-corrected chi connectivity index (χ4v) is 2.00. The molecule has 3 heteroatoms. The van der Waals surface area contributed by atoms with Crippen LogP contribution >= 0.6 is 0 Å². The molecule has 1 aromatic rings. The second-order valence-electron chi connectivity index (χ2n) is 4.16. The normalized spacial score (nSPS) is 12.1. The van der Waals surface area contributed by atoms with Crippen LogP contribution in [0.3, 0.4) is 0 Å². The Morgan fingerprint density at radius 1 is 1.33 bits per heavy atom. The number of rotatable bonds is 7. The Kier molecular flexibility index (Phi) is 5.33. The zero-order chi connectivity index (χ0) is 13.5. The highest BCUT2D eigenvalue weighted by Crippen LogP contribution is 2.23. The first-order chi connectivity index (χ1) is 8.61. The number of amides is 1. The van der Waals surface area contributed by atoms with Gasteiger partial charge in [0.1, 0.15) is 0 Å². The number of nitrogens with two attached hydrogens (primary N) is 1. The molecule has 1 amide bonds. The molecule has 2 N–H and O–H groups in total. The molecule has 18 heavy (non-hydrogen) atoms. The maximum absolute atomic E-state index is 11.4. The summed E-state index contributed by atoms with van der Waals surface area (Å²) in [6, 6.07) is 7.52. The minimum Gasteiger partial charge on any atom is -0.366 e. The van der Waals surface area contributed by atoms with Gasteiger partial charge in [0, 0.05) is 24.7 Å². The molecule has 0 radical (unpaired) electrons. The van der Waals surface area contributed by atoms with Crippen LogP contribution in [0.25, 0.3) is 0 Å². The van der Waals surface area contributed by atoms with Crippen LogP contribution in [0, 0.1) is 0 Å². The lowest BCUT2D eigenvalue weighted by molar-refractivity contribution is 0.0997. The highest BCUT2D eigenvalue weighted by atomic mass is 16.1. The van der Waals surface area contributed by atoms with Gasteiger partial charge in [0.05, 0.1) is 0 Å². The molecule has 0 fully saturated rings. The first-order valence-corrected chi connectivity index (χ1v) is 5.96. The van der Waals surface area contributed by atoms with E-state index < -0.39 is 5.91 Å². The smallest absolute Gasteiger partial charge is 0.249 e. The molecule has 3 nitrogen and oxygen atoms in total. The third-order valence-corrected chi connectivity index (χ3v) is 2.95. The van der Waals surface area contributed by atoms with E-state index in [-0.39, 0.29) is 6.04 Å². The van der Waals surface area contributed by atoms with Gasteiger partial charge in [0.2, 0.25) is 5.91 Å². The lowest BCUT2D eigenvalue weighted by Gasteiger charge is -2.28. The highest BCUT2D eigenvalue weighted by molar-refractivity contribution is 5.94. The second-order valence-corrected chi connectivity index (χ2v) is 4.16. The fraction of sp³-hybridized carbons (Fsp3) is 0.267. The van der Waals surface area contributed by atoms with Crippen molar-refractivity contribution in [1.82, 2.24) is 4.90 Å². The van der Waals surface area contributed by atoms with Crippen LogP contribution in [0.4, 0.5) is 0 Å². The average Bonchev–Trinajstić information content (AvgIpc) is 2.37. The molecule has 0 spiro atoms. The van der Waals surface area contributed by atoms with E-state index in [9.17, 15) is 4.79 Å². The van der Waals surface area contributed by atoms with Crippen molar-refractivity contribution < 1.29 is 4.79 Å². The van der Waals surface area contributed by atoms with Crippen LogP contribution in [0.2, 0.25) is 0 Å². The van der Waals surface area contributed by atoms with E-state index >= 15 is 0 Å². The maximum atomic E-state index is 11.4. The van der Waals surface area contributed by atoms with Crippen molar-refractivity contribution in [3.63, 3.8) is 0 Å². The van der Waals surface area contributed by atoms with Gasteiger partial charge in [-0.3, -0.25) is 9.69 Å². The molecule has 0 aliphatic heterocycles. The predicted octanol–water partition coefficient (Wildman–Crippen LogP) is 2.52. The number of benzene rings is 1. The van der Waals surface area contributed by atoms with Gasteiger partial charge in [-0.05, 0) is 18.6 Å². The van der Waals surface area contributed by atoms with Crippen LogP contribution in [-0.2, 0) is 0 Å². The Hall–Kier alpha value is -1.87. The Balaban J connectivity index is 3.06. The van der Waals surface area contributed by atoms with E-state index in [2.05, 4.69) is 25.0 Å². The second kappa shape index (κ2) is 6.77. The lowest BCUT2D eigenvalue weighted by atomic mass is 9.99. The Labute approximate surface area is 109 Å². The molecule has 0 saturated carbocycles. The van der Waals surface area contributed by atoms with Gasteiger partial charge in [0.15, 0.2) is 0 Å². The van der Waals surface area contributed by atoms with Crippen LogP contribution in [0.5, 0.6) is 0 Å². The predicted molar refractivity (Wildman–Crippen MR) is 75.3 cm³/mol. The molecular formula is C15H20N2O. The zero-order valence-corrected chi connectivity index (χ0v) is 10.8. The summed E-state index contributed by atoms with van der Waals surface area (Å²) < 4.78 is 0. The Bertz CT molecular complexity index is 430. The average molecular weight is 244 g/mol. The quantitative estimate of drug-likeness (QED) is 0.749. The van der Waals surface area contributed by atoms with E-state index in [1.807, 2.05) is 30.4 Å². The Morgan fingerprint density at radius 2 is 1.89 bits per heavy atom. The van der Waals surface area contributed by atoms with Crippen molar-refractivity contribution in [2.45, 2.75) is 13.0 Å². The Morgan fingerprint density at radius 3 is 2.39 bits per heavy atom. The van der Waals surface area contributed by atoms with Gasteiger partial charge < -0.3 is 5.73 Å². The molecule has 96 valence electrons. The van der Waals surface area contributed by atoms with Gasteiger partial charge >= 0.3 is 0 Å². The van der Waals surface area contributed by atoms with Crippen LogP contribution in [0.15, 0.2) is 49.6 Å². The van der Waals surface area contributed by atoms with Crippen molar-refractivity contribution >= 4 is 5.91 Å². The molecule has 0 aliphatic carbocycles. The number of primary amides is 1. The van der Waals surface area contributed by atoms with Crippen LogP contribution in [0.1, 0.15) is 28.9 Å². The molecule has 0 heterocycles. The standard InChI is InChI=1S/C15H20N2O/c1-4-10-17(11-5-2)12(3)13-8-6-7-9-14(13)15(16)18/h4-9,12H,1-2,10-11H2,3H3,(H2,16,18). The number of nitrogens with zero attached hydrogens (tertiary/aromatic N) is 1. The van der Waals surface area contributed by atoms with E-state index in [1.165, 1.54) is 0 Å². The number of carbonyl (C=O) groups excluding carboxylic acids is 1. The van der Waals surface area contributed by atoms with Crippen LogP contribution < -0.4 is 5.73 Å². The van der Waals surface area contributed by atoms with Crippen molar-refractivity contribution in [2.24, 2.45) is 5.73 Å². The third kappa shape index (κ3) is 3.31. The summed E-state index contributed by atoms with van der Waals surface area (Å²) >= 11 is 0. The highest BCUT2D eigenvalue weighted by Gasteiger charge is 2.18. The number of hydrogen-bond acceptors (Lipinski definition) is 2. The summed E-state index contributed by atoms with van der Waals surface area (Å²) in [5.41, 5.74) is 6.91. The van der Waals surface area contributed by atoms with Crippen molar-refractivity contribution in [3.8, 4) is 0 Å². The minimum atomic E-state index is -0.394. The van der Waals surface area contributed by atoms with E-state index in [4.69, 9.17) is 5.73 Å². The summed E-state index contributed by atoms with van der Waals surface area (Å²) in [5.74, 6) is -0.394. The minimum absolute atomic E-state index is 0.0877. The molecule has 0 aliphatic rings. The summed E-state index contributed by atoms with van der Waals surface area (Å²) in [6.07, 6.45) is 3.68. The van der Waals surface area contributed by atoms with E-state index in [0.717, 1.165) is 18.7 Å². The molecule has 1 unspecified atom stereocenters. The van der Waals surface area contributed by atoms with Gasteiger partial charge in [-0.25, -0.2) is 0 Å². The number of hydrogen-bond donors (Lipinski definition) is 1. The van der Waals surface area contributed by atoms with Gasteiger partial charge in [-0.2, -0.15) is 0 Å². The fourth-order valence-electron chi connectivity index (χ4n) is 2.00.